The molecule has 4 nitrogen and oxygen atoms in total. The maximum absolute atomic E-state index is 11.5. The van der Waals surface area contributed by atoms with Crippen molar-refractivity contribution in [3.8, 4) is 0 Å². The second kappa shape index (κ2) is 3.86. The fraction of sp³-hybridized carbons (Fsp3) is 0.500. The van der Waals surface area contributed by atoms with Gasteiger partial charge in [0.25, 0.3) is 5.91 Å². The van der Waals surface area contributed by atoms with E-state index in [1.807, 2.05) is 6.26 Å². The summed E-state index contributed by atoms with van der Waals surface area (Å²) in [6.07, 6.45) is 1.85. The first-order valence-corrected chi connectivity index (χ1v) is 5.23. The van der Waals surface area contributed by atoms with Crippen molar-refractivity contribution >= 4 is 29.4 Å². The summed E-state index contributed by atoms with van der Waals surface area (Å²) < 4.78 is 5.25. The van der Waals surface area contributed by atoms with Crippen molar-refractivity contribution in [2.45, 2.75) is 6.92 Å². The molecule has 12 heavy (non-hydrogen) atoms. The smallest absolute Gasteiger partial charge is 0.277 e. The van der Waals surface area contributed by atoms with Crippen molar-refractivity contribution in [2.75, 3.05) is 13.3 Å². The van der Waals surface area contributed by atoms with Gasteiger partial charge in [0, 0.05) is 13.3 Å². The van der Waals surface area contributed by atoms with E-state index in [0.29, 0.717) is 10.6 Å². The summed E-state index contributed by atoms with van der Waals surface area (Å²) in [5, 5.41) is 3.77. The maximum Gasteiger partial charge on any atom is 0.277 e. The predicted octanol–water partition coefficient (Wildman–Crippen LogP) is 1.20. The molecule has 0 atom stereocenters. The van der Waals surface area contributed by atoms with Crippen LogP contribution in [0.25, 0.3) is 0 Å². The Kier molecular flexibility index (Phi) is 3.05. The van der Waals surface area contributed by atoms with Crippen molar-refractivity contribution in [3.05, 3.63) is 10.6 Å². The average Bonchev–Trinajstić information content (AvgIpc) is 2.48. The Balaban J connectivity index is 2.85. The topological polar surface area (TPSA) is 46.1 Å². The van der Waals surface area contributed by atoms with E-state index >= 15 is 0 Å². The van der Waals surface area contributed by atoms with Crippen LogP contribution < -0.4 is 0 Å². The first-order valence-electron chi connectivity index (χ1n) is 3.28. The molecule has 1 aromatic heterocycles. The van der Waals surface area contributed by atoms with Crippen LogP contribution in [0.2, 0.25) is 0 Å². The zero-order chi connectivity index (χ0) is 9.14. The molecule has 0 unspecified atom stereocenters. The summed E-state index contributed by atoms with van der Waals surface area (Å²) in [5.74, 6) is -0.0324. The molecular weight excluding hydrogens is 194 g/mol. The minimum Gasteiger partial charge on any atom is -0.285 e. The highest BCUT2D eigenvalue weighted by Gasteiger charge is 2.16. The van der Waals surface area contributed by atoms with Crippen LogP contribution >= 0.6 is 23.5 Å². The number of aromatic nitrogens is 2. The molecule has 0 fully saturated rings. The van der Waals surface area contributed by atoms with Crippen LogP contribution in [0.1, 0.15) is 15.4 Å². The molecule has 0 aromatic carbocycles. The predicted molar refractivity (Wildman–Crippen MR) is 50.3 cm³/mol. The molecule has 66 valence electrons. The fourth-order valence-electron chi connectivity index (χ4n) is 0.654. The Bertz CT molecular complexity index is 286. The highest BCUT2D eigenvalue weighted by molar-refractivity contribution is 7.96. The van der Waals surface area contributed by atoms with Gasteiger partial charge in [-0.2, -0.15) is 0 Å². The third kappa shape index (κ3) is 1.75. The van der Waals surface area contributed by atoms with Gasteiger partial charge in [-0.3, -0.25) is 9.10 Å². The highest BCUT2D eigenvalue weighted by atomic mass is 32.2. The van der Waals surface area contributed by atoms with Crippen molar-refractivity contribution in [1.29, 1.82) is 0 Å². The standard InChI is InChI=1S/C6H9N3OS2/c1-4-5(12-8-7-4)6(10)9(2)11-3/h1-3H3. The molecule has 0 aliphatic carbocycles. The zero-order valence-corrected chi connectivity index (χ0v) is 8.70. The van der Waals surface area contributed by atoms with Crippen molar-refractivity contribution in [1.82, 2.24) is 13.9 Å². The Morgan fingerprint density at radius 2 is 2.33 bits per heavy atom. The molecular formula is C6H9N3OS2. The van der Waals surface area contributed by atoms with E-state index in [-0.39, 0.29) is 5.91 Å². The van der Waals surface area contributed by atoms with Gasteiger partial charge in [0.1, 0.15) is 4.88 Å². The molecule has 0 spiro atoms. The lowest BCUT2D eigenvalue weighted by molar-refractivity contribution is 0.0896. The number of carbonyl (C=O) groups excluding carboxylic acids is 1. The molecule has 0 radical (unpaired) electrons. The van der Waals surface area contributed by atoms with Gasteiger partial charge in [0.05, 0.1) is 5.69 Å². The Morgan fingerprint density at radius 1 is 1.67 bits per heavy atom. The van der Waals surface area contributed by atoms with Crippen LogP contribution in [-0.4, -0.2) is 33.1 Å². The first-order chi connectivity index (χ1) is 5.66. The number of carbonyl (C=O) groups is 1. The SMILES string of the molecule is CSN(C)C(=O)c1snnc1C. The number of nitrogens with zero attached hydrogens (tertiary/aromatic N) is 3. The van der Waals surface area contributed by atoms with Gasteiger partial charge in [0.15, 0.2) is 0 Å². The number of hydrogen-bond acceptors (Lipinski definition) is 5. The summed E-state index contributed by atoms with van der Waals surface area (Å²) in [4.78, 5) is 12.1. The lowest BCUT2D eigenvalue weighted by Crippen LogP contribution is -2.18. The van der Waals surface area contributed by atoms with E-state index in [0.717, 1.165) is 11.5 Å². The van der Waals surface area contributed by atoms with Crippen molar-refractivity contribution < 1.29 is 4.79 Å². The summed E-state index contributed by atoms with van der Waals surface area (Å²) in [5.41, 5.74) is 0.700. The summed E-state index contributed by atoms with van der Waals surface area (Å²) >= 11 is 2.51. The maximum atomic E-state index is 11.5. The van der Waals surface area contributed by atoms with Crippen LogP contribution in [0.15, 0.2) is 0 Å². The van der Waals surface area contributed by atoms with Crippen molar-refractivity contribution in [3.63, 3.8) is 0 Å². The second-order valence-corrected chi connectivity index (χ2v) is 3.84. The Morgan fingerprint density at radius 3 is 2.75 bits per heavy atom. The average molecular weight is 203 g/mol. The van der Waals surface area contributed by atoms with Gasteiger partial charge in [0.2, 0.25) is 0 Å². The quantitative estimate of drug-likeness (QED) is 0.677. The third-order valence-corrected chi connectivity index (χ3v) is 2.94. The van der Waals surface area contributed by atoms with Gasteiger partial charge in [-0.05, 0) is 18.5 Å². The fourth-order valence-corrected chi connectivity index (χ4v) is 1.60. The van der Waals surface area contributed by atoms with Crippen molar-refractivity contribution in [2.24, 2.45) is 0 Å². The second-order valence-electron chi connectivity index (χ2n) is 2.17. The lowest BCUT2D eigenvalue weighted by atomic mass is 10.4. The van der Waals surface area contributed by atoms with Gasteiger partial charge in [-0.25, -0.2) is 0 Å². The molecule has 1 heterocycles. The van der Waals surface area contributed by atoms with Crippen LogP contribution in [0.5, 0.6) is 0 Å². The molecule has 0 bridgehead atoms. The summed E-state index contributed by atoms with van der Waals surface area (Å²) in [7, 11) is 1.73. The third-order valence-electron chi connectivity index (χ3n) is 1.41. The molecule has 0 aliphatic rings. The number of aryl methyl sites for hydroxylation is 1. The summed E-state index contributed by atoms with van der Waals surface area (Å²) in [6, 6.07) is 0. The molecule has 0 N–H and O–H groups in total. The van der Waals surface area contributed by atoms with Crippen LogP contribution in [-0.2, 0) is 0 Å². The number of rotatable bonds is 2. The molecule has 0 aliphatic heterocycles. The van der Waals surface area contributed by atoms with Crippen LogP contribution in [0.4, 0.5) is 0 Å². The molecule has 0 saturated carbocycles. The monoisotopic (exact) mass is 203 g/mol. The minimum absolute atomic E-state index is 0.0324. The van der Waals surface area contributed by atoms with E-state index in [1.165, 1.54) is 11.9 Å². The van der Waals surface area contributed by atoms with Gasteiger partial charge in [-0.15, -0.1) is 5.10 Å². The van der Waals surface area contributed by atoms with Gasteiger partial charge >= 0.3 is 0 Å². The minimum atomic E-state index is -0.0324. The van der Waals surface area contributed by atoms with E-state index in [1.54, 1.807) is 18.3 Å². The lowest BCUT2D eigenvalue weighted by Gasteiger charge is -2.10. The molecule has 1 amide bonds. The normalized spacial score (nSPS) is 9.92. The zero-order valence-electron chi connectivity index (χ0n) is 7.07. The van der Waals surface area contributed by atoms with Gasteiger partial charge < -0.3 is 0 Å². The molecule has 0 saturated heterocycles. The van der Waals surface area contributed by atoms with Crippen LogP contribution in [0, 0.1) is 6.92 Å². The highest BCUT2D eigenvalue weighted by Crippen LogP contribution is 2.14. The largest absolute Gasteiger partial charge is 0.285 e. The molecule has 1 aromatic rings. The van der Waals surface area contributed by atoms with E-state index < -0.39 is 0 Å². The van der Waals surface area contributed by atoms with E-state index in [4.69, 9.17) is 0 Å². The van der Waals surface area contributed by atoms with E-state index in [9.17, 15) is 4.79 Å². The number of amides is 1. The Hall–Kier alpha value is -0.620. The first kappa shape index (κ1) is 9.47. The van der Waals surface area contributed by atoms with Gasteiger partial charge in [-0.1, -0.05) is 16.4 Å². The van der Waals surface area contributed by atoms with Crippen LogP contribution in [0.3, 0.4) is 0 Å². The molecule has 1 rings (SSSR count). The Labute approximate surface area is 79.3 Å². The molecule has 6 heteroatoms. The summed E-state index contributed by atoms with van der Waals surface area (Å²) in [6.45, 7) is 1.78. The van der Waals surface area contributed by atoms with E-state index in [2.05, 4.69) is 9.59 Å². The number of hydrogen-bond donors (Lipinski definition) is 0.